The number of hydrogen-bond acceptors (Lipinski definition) is 4. The first-order valence-corrected chi connectivity index (χ1v) is 6.98. The van der Waals surface area contributed by atoms with E-state index in [1.807, 2.05) is 13.0 Å². The van der Waals surface area contributed by atoms with Crippen LogP contribution in [0.2, 0.25) is 0 Å². The molecule has 0 saturated carbocycles. The Morgan fingerprint density at radius 1 is 1.62 bits per heavy atom. The van der Waals surface area contributed by atoms with Crippen LogP contribution in [-0.4, -0.2) is 32.4 Å². The highest BCUT2D eigenvalue weighted by atomic mass is 32.2. The van der Waals surface area contributed by atoms with Crippen molar-refractivity contribution in [3.8, 4) is 6.07 Å². The van der Waals surface area contributed by atoms with Crippen LogP contribution >= 0.6 is 0 Å². The largest absolute Gasteiger partial charge is 0.380 e. The van der Waals surface area contributed by atoms with Gasteiger partial charge >= 0.3 is 0 Å². The van der Waals surface area contributed by atoms with Crippen molar-refractivity contribution in [2.75, 3.05) is 13.2 Å². The molecule has 1 rings (SSSR count). The minimum absolute atomic E-state index is 0.294. The lowest BCUT2D eigenvalue weighted by atomic mass is 9.97. The first-order chi connectivity index (χ1) is 7.43. The molecule has 1 fully saturated rings. The van der Waals surface area contributed by atoms with Crippen LogP contribution in [0.25, 0.3) is 0 Å². The Labute approximate surface area is 96.8 Å². The number of sulfonamides is 1. The number of nitriles is 1. The van der Waals surface area contributed by atoms with Crippen molar-refractivity contribution in [1.82, 2.24) is 4.72 Å². The first kappa shape index (κ1) is 13.4. The van der Waals surface area contributed by atoms with Gasteiger partial charge in [0.25, 0.3) is 0 Å². The SMILES string of the molecule is CCC(C#N)S(=O)(=O)NC1(C)CCCOC1. The summed E-state index contributed by atoms with van der Waals surface area (Å²) in [7, 11) is -3.57. The summed E-state index contributed by atoms with van der Waals surface area (Å²) in [4.78, 5) is 0. The third-order valence-corrected chi connectivity index (χ3v) is 4.68. The van der Waals surface area contributed by atoms with Crippen molar-refractivity contribution >= 4 is 10.0 Å². The molecule has 0 amide bonds. The quantitative estimate of drug-likeness (QED) is 0.795. The van der Waals surface area contributed by atoms with E-state index < -0.39 is 20.8 Å². The maximum absolute atomic E-state index is 11.9. The molecular weight excluding hydrogens is 228 g/mol. The Morgan fingerprint density at radius 2 is 2.31 bits per heavy atom. The van der Waals surface area contributed by atoms with E-state index in [1.165, 1.54) is 0 Å². The van der Waals surface area contributed by atoms with E-state index in [9.17, 15) is 8.42 Å². The van der Waals surface area contributed by atoms with Crippen molar-refractivity contribution < 1.29 is 13.2 Å². The lowest BCUT2D eigenvalue weighted by molar-refractivity contribution is 0.0386. The highest BCUT2D eigenvalue weighted by Crippen LogP contribution is 2.20. The Hall–Kier alpha value is -0.640. The van der Waals surface area contributed by atoms with Gasteiger partial charge in [0, 0.05) is 6.61 Å². The molecule has 0 radical (unpaired) electrons. The average Bonchev–Trinajstić information content (AvgIpc) is 2.18. The van der Waals surface area contributed by atoms with Gasteiger partial charge in [-0.15, -0.1) is 0 Å². The number of rotatable bonds is 4. The van der Waals surface area contributed by atoms with Crippen LogP contribution in [-0.2, 0) is 14.8 Å². The molecule has 92 valence electrons. The summed E-state index contributed by atoms with van der Waals surface area (Å²) in [6, 6.07) is 1.81. The smallest absolute Gasteiger partial charge is 0.228 e. The monoisotopic (exact) mass is 246 g/mol. The average molecular weight is 246 g/mol. The summed E-state index contributed by atoms with van der Waals surface area (Å²) >= 11 is 0. The van der Waals surface area contributed by atoms with E-state index in [1.54, 1.807) is 6.92 Å². The Kier molecular flexibility index (Phi) is 4.30. The molecule has 0 aromatic carbocycles. The number of hydrogen-bond donors (Lipinski definition) is 1. The Morgan fingerprint density at radius 3 is 2.75 bits per heavy atom. The van der Waals surface area contributed by atoms with Gasteiger partial charge in [-0.1, -0.05) is 6.92 Å². The number of nitrogens with zero attached hydrogens (tertiary/aromatic N) is 1. The van der Waals surface area contributed by atoms with Crippen LogP contribution in [0.5, 0.6) is 0 Å². The molecule has 2 atom stereocenters. The third-order valence-electron chi connectivity index (χ3n) is 2.72. The standard InChI is InChI=1S/C10H18N2O3S/c1-3-9(7-11)16(13,14)12-10(2)5-4-6-15-8-10/h9,12H,3-6,8H2,1-2H3. The molecule has 1 N–H and O–H groups in total. The molecule has 2 unspecified atom stereocenters. The van der Waals surface area contributed by atoms with Gasteiger partial charge in [0.1, 0.15) is 0 Å². The third kappa shape index (κ3) is 3.17. The van der Waals surface area contributed by atoms with E-state index >= 15 is 0 Å². The van der Waals surface area contributed by atoms with Gasteiger partial charge < -0.3 is 4.74 Å². The Bertz CT molecular complexity index is 366. The van der Waals surface area contributed by atoms with Gasteiger partial charge in [-0.2, -0.15) is 5.26 Å². The molecule has 1 aliphatic rings. The highest BCUT2D eigenvalue weighted by Gasteiger charge is 2.35. The van der Waals surface area contributed by atoms with Crippen LogP contribution in [0.1, 0.15) is 33.1 Å². The van der Waals surface area contributed by atoms with E-state index in [2.05, 4.69) is 4.72 Å². The molecule has 16 heavy (non-hydrogen) atoms. The molecule has 0 aromatic rings. The van der Waals surface area contributed by atoms with Gasteiger partial charge in [0.2, 0.25) is 10.0 Å². The molecule has 1 aliphatic heterocycles. The van der Waals surface area contributed by atoms with Crippen LogP contribution in [0.4, 0.5) is 0 Å². The molecular formula is C10H18N2O3S. The summed E-state index contributed by atoms with van der Waals surface area (Å²) < 4.78 is 31.6. The zero-order chi connectivity index (χ0) is 12.2. The molecule has 0 bridgehead atoms. The van der Waals surface area contributed by atoms with E-state index in [0.29, 0.717) is 19.6 Å². The van der Waals surface area contributed by atoms with Gasteiger partial charge in [0.05, 0.1) is 18.2 Å². The zero-order valence-corrected chi connectivity index (χ0v) is 10.5. The minimum Gasteiger partial charge on any atom is -0.380 e. The first-order valence-electron chi connectivity index (χ1n) is 5.44. The molecule has 0 aliphatic carbocycles. The maximum Gasteiger partial charge on any atom is 0.228 e. The number of ether oxygens (including phenoxy) is 1. The lowest BCUT2D eigenvalue weighted by Crippen LogP contribution is -2.53. The van der Waals surface area contributed by atoms with E-state index in [-0.39, 0.29) is 0 Å². The highest BCUT2D eigenvalue weighted by molar-refractivity contribution is 7.90. The lowest BCUT2D eigenvalue weighted by Gasteiger charge is -2.34. The fourth-order valence-corrected chi connectivity index (χ4v) is 3.38. The van der Waals surface area contributed by atoms with Crippen LogP contribution < -0.4 is 4.72 Å². The van der Waals surface area contributed by atoms with Crippen molar-refractivity contribution in [2.24, 2.45) is 0 Å². The van der Waals surface area contributed by atoms with Crippen LogP contribution in [0.3, 0.4) is 0 Å². The van der Waals surface area contributed by atoms with Gasteiger partial charge in [-0.25, -0.2) is 13.1 Å². The zero-order valence-electron chi connectivity index (χ0n) is 9.69. The van der Waals surface area contributed by atoms with Crippen molar-refractivity contribution in [2.45, 2.75) is 43.9 Å². The molecule has 0 aromatic heterocycles. The van der Waals surface area contributed by atoms with Crippen molar-refractivity contribution in [3.63, 3.8) is 0 Å². The molecule has 1 heterocycles. The second-order valence-electron chi connectivity index (χ2n) is 4.39. The fourth-order valence-electron chi connectivity index (χ4n) is 1.81. The molecule has 6 heteroatoms. The van der Waals surface area contributed by atoms with Gasteiger partial charge in [-0.05, 0) is 26.2 Å². The van der Waals surface area contributed by atoms with E-state index in [4.69, 9.17) is 10.00 Å². The van der Waals surface area contributed by atoms with E-state index in [0.717, 1.165) is 12.8 Å². The fraction of sp³-hybridized carbons (Fsp3) is 0.900. The summed E-state index contributed by atoms with van der Waals surface area (Å²) in [5.41, 5.74) is -0.568. The summed E-state index contributed by atoms with van der Waals surface area (Å²) in [6.45, 7) is 4.54. The summed E-state index contributed by atoms with van der Waals surface area (Å²) in [5.74, 6) is 0. The van der Waals surface area contributed by atoms with Gasteiger partial charge in [0.15, 0.2) is 5.25 Å². The molecule has 5 nitrogen and oxygen atoms in total. The predicted octanol–water partition coefficient (Wildman–Crippen LogP) is 0.777. The minimum atomic E-state index is -3.57. The Balaban J connectivity index is 2.75. The maximum atomic E-state index is 11.9. The van der Waals surface area contributed by atoms with Crippen LogP contribution in [0.15, 0.2) is 0 Å². The second-order valence-corrected chi connectivity index (χ2v) is 6.25. The number of nitrogens with one attached hydrogen (secondary N) is 1. The normalized spacial score (nSPS) is 28.3. The van der Waals surface area contributed by atoms with Gasteiger partial charge in [-0.3, -0.25) is 0 Å². The predicted molar refractivity (Wildman–Crippen MR) is 60.2 cm³/mol. The summed E-state index contributed by atoms with van der Waals surface area (Å²) in [6.07, 6.45) is 1.87. The van der Waals surface area contributed by atoms with Crippen molar-refractivity contribution in [3.05, 3.63) is 0 Å². The van der Waals surface area contributed by atoms with Crippen LogP contribution in [0, 0.1) is 11.3 Å². The summed E-state index contributed by atoms with van der Waals surface area (Å²) in [5, 5.41) is 7.79. The molecule has 1 saturated heterocycles. The van der Waals surface area contributed by atoms with Crippen molar-refractivity contribution in [1.29, 1.82) is 5.26 Å². The second kappa shape index (κ2) is 5.13. The topological polar surface area (TPSA) is 79.2 Å². The molecule has 0 spiro atoms.